The van der Waals surface area contributed by atoms with E-state index in [-0.39, 0.29) is 38.6 Å². The van der Waals surface area contributed by atoms with Crippen LogP contribution in [-0.4, -0.2) is 57.0 Å². The minimum absolute atomic E-state index is 0.00518. The van der Waals surface area contributed by atoms with E-state index in [1.165, 1.54) is 30.3 Å². The van der Waals surface area contributed by atoms with Gasteiger partial charge in [0.25, 0.3) is 40.5 Å². The lowest BCUT2D eigenvalue weighted by atomic mass is 10.1. The zero-order valence-corrected chi connectivity index (χ0v) is 26.7. The third-order valence-corrected chi connectivity index (χ3v) is 10.1. The second kappa shape index (κ2) is 11.9. The van der Waals surface area contributed by atoms with E-state index in [9.17, 15) is 52.4 Å². The molecule has 0 aliphatic carbocycles. The van der Waals surface area contributed by atoms with Gasteiger partial charge in [-0.05, 0) is 72.1 Å². The van der Waals surface area contributed by atoms with Gasteiger partial charge in [-0.15, -0.1) is 15.3 Å². The van der Waals surface area contributed by atoms with Crippen LogP contribution in [0.25, 0.3) is 21.5 Å². The lowest BCUT2D eigenvalue weighted by Gasteiger charge is -2.11. The maximum atomic E-state index is 12.3. The van der Waals surface area contributed by atoms with Crippen LogP contribution in [0, 0.1) is 0 Å². The van der Waals surface area contributed by atoms with Gasteiger partial charge in [0.2, 0.25) is 0 Å². The molecule has 48 heavy (non-hydrogen) atoms. The molecule has 5 rings (SSSR count). The highest BCUT2D eigenvalue weighted by atomic mass is 32.2. The summed E-state index contributed by atoms with van der Waals surface area (Å²) in [4.78, 5) is -2.76. The van der Waals surface area contributed by atoms with Gasteiger partial charge in [-0.25, -0.2) is 0 Å². The number of benzene rings is 5. The van der Waals surface area contributed by atoms with E-state index < -0.39 is 77.2 Å². The molecule has 0 fully saturated rings. The quantitative estimate of drug-likeness (QED) is 0.0686. The molecule has 5 aromatic rings. The molecule has 0 bridgehead atoms. The average Bonchev–Trinajstić information content (AvgIpc) is 2.97. The van der Waals surface area contributed by atoms with Crippen molar-refractivity contribution in [2.75, 3.05) is 5.73 Å². The summed E-state index contributed by atoms with van der Waals surface area (Å²) in [7, 11) is -19.2. The molecule has 0 saturated carbocycles. The smallest absolute Gasteiger partial charge is 0.296 e. The number of phenols is 1. The first-order valence-electron chi connectivity index (χ1n) is 12.6. The first kappa shape index (κ1) is 34.4. The molecule has 0 aliphatic rings. The highest BCUT2D eigenvalue weighted by Crippen LogP contribution is 2.44. The molecule has 0 aliphatic heterocycles. The standard InChI is InChI=1S/C26H19N5O13S4/c27-20-12-18-13(9-23(20)47(39,40)41)10-24(48(42,43)44)25(26(18)32)31-30-21-7-8-22(19-11-16(46(36,37)38)5-6-17(19)21)29-28-14-1-3-15(4-2-14)45(33,34)35/h1-12,32H,27H2,(H,33,34,35)(H,36,37,38)(H,39,40,41)(H,42,43,44)/b29-28+,31-30+. The van der Waals surface area contributed by atoms with Crippen molar-refractivity contribution >= 4 is 90.5 Å². The van der Waals surface area contributed by atoms with Crippen molar-refractivity contribution in [3.63, 3.8) is 0 Å². The minimum atomic E-state index is -5.15. The second-order valence-corrected chi connectivity index (χ2v) is 15.4. The number of aromatic hydroxyl groups is 1. The van der Waals surface area contributed by atoms with Gasteiger partial charge in [-0.2, -0.15) is 38.8 Å². The van der Waals surface area contributed by atoms with E-state index in [0.29, 0.717) is 0 Å². The van der Waals surface area contributed by atoms with Gasteiger partial charge in [-0.3, -0.25) is 18.2 Å². The van der Waals surface area contributed by atoms with Crippen LogP contribution in [-0.2, 0) is 40.5 Å². The number of rotatable bonds is 8. The molecule has 0 heterocycles. The number of anilines is 1. The first-order chi connectivity index (χ1) is 22.1. The summed E-state index contributed by atoms with van der Waals surface area (Å²) in [5.74, 6) is -0.902. The van der Waals surface area contributed by atoms with Crippen molar-refractivity contribution in [3.05, 3.63) is 72.8 Å². The zero-order chi connectivity index (χ0) is 35.4. The molecule has 18 nitrogen and oxygen atoms in total. The molecular formula is C26H19N5O13S4. The molecule has 0 unspecified atom stereocenters. The van der Waals surface area contributed by atoms with Crippen LogP contribution >= 0.6 is 0 Å². The third kappa shape index (κ3) is 6.99. The highest BCUT2D eigenvalue weighted by Gasteiger charge is 2.25. The Morgan fingerprint density at radius 1 is 0.500 bits per heavy atom. The van der Waals surface area contributed by atoms with E-state index in [1.807, 2.05) is 0 Å². The van der Waals surface area contributed by atoms with Crippen LogP contribution < -0.4 is 5.73 Å². The Bertz CT molecular complexity index is 2680. The second-order valence-electron chi connectivity index (χ2n) is 9.79. The monoisotopic (exact) mass is 737 g/mol. The summed E-state index contributed by atoms with van der Waals surface area (Å²) in [5, 5.41) is 26.4. The Balaban J connectivity index is 1.67. The van der Waals surface area contributed by atoms with Crippen LogP contribution in [0.1, 0.15) is 0 Å². The van der Waals surface area contributed by atoms with Gasteiger partial charge in [0.1, 0.15) is 15.5 Å². The molecule has 0 saturated heterocycles. The van der Waals surface area contributed by atoms with Crippen molar-refractivity contribution < 1.29 is 57.0 Å². The summed E-state index contributed by atoms with van der Waals surface area (Å²) in [6, 6.07) is 12.8. The molecular weight excluding hydrogens is 719 g/mol. The molecule has 22 heteroatoms. The summed E-state index contributed by atoms with van der Waals surface area (Å²) in [5.41, 5.74) is 4.44. The SMILES string of the molecule is Nc1cc2c(O)c(/N=N/c3ccc(/N=N/c4ccc(S(=O)(=O)O)cc4)c4cc(S(=O)(=O)O)ccc34)c(S(=O)(=O)O)cc2cc1S(=O)(=O)O. The number of hydrogen-bond acceptors (Lipinski definition) is 14. The molecule has 0 spiro atoms. The number of fused-ring (bicyclic) bond motifs is 2. The van der Waals surface area contributed by atoms with Crippen molar-refractivity contribution in [2.45, 2.75) is 19.6 Å². The van der Waals surface area contributed by atoms with Gasteiger partial charge < -0.3 is 10.8 Å². The van der Waals surface area contributed by atoms with Gasteiger partial charge >= 0.3 is 0 Å². The van der Waals surface area contributed by atoms with E-state index in [0.717, 1.165) is 42.5 Å². The van der Waals surface area contributed by atoms with Gasteiger partial charge in [0.15, 0.2) is 5.75 Å². The van der Waals surface area contributed by atoms with E-state index >= 15 is 0 Å². The van der Waals surface area contributed by atoms with Crippen LogP contribution in [0.4, 0.5) is 28.4 Å². The number of azo groups is 2. The van der Waals surface area contributed by atoms with Crippen molar-refractivity contribution in [1.82, 2.24) is 0 Å². The van der Waals surface area contributed by atoms with Crippen LogP contribution in [0.2, 0.25) is 0 Å². The van der Waals surface area contributed by atoms with Crippen LogP contribution in [0.5, 0.6) is 5.75 Å². The molecule has 0 atom stereocenters. The van der Waals surface area contributed by atoms with Gasteiger partial charge in [0, 0.05) is 16.2 Å². The fourth-order valence-electron chi connectivity index (χ4n) is 4.44. The van der Waals surface area contributed by atoms with Gasteiger partial charge in [-0.1, -0.05) is 6.07 Å². The largest absolute Gasteiger partial charge is 0.505 e. The summed E-state index contributed by atoms with van der Waals surface area (Å²) < 4.78 is 132. The number of nitrogens with two attached hydrogens (primary N) is 1. The summed E-state index contributed by atoms with van der Waals surface area (Å²) >= 11 is 0. The molecule has 5 aromatic carbocycles. The maximum Gasteiger partial charge on any atom is 0.296 e. The lowest BCUT2D eigenvalue weighted by Crippen LogP contribution is -2.04. The fraction of sp³-hybridized carbons (Fsp3) is 0. The number of hydrogen-bond donors (Lipinski definition) is 6. The van der Waals surface area contributed by atoms with E-state index in [2.05, 4.69) is 20.5 Å². The summed E-state index contributed by atoms with van der Waals surface area (Å²) in [6.45, 7) is 0. The Morgan fingerprint density at radius 2 is 1.02 bits per heavy atom. The predicted molar refractivity (Wildman–Crippen MR) is 168 cm³/mol. The van der Waals surface area contributed by atoms with E-state index in [1.54, 1.807) is 0 Å². The number of nitrogen functional groups attached to an aromatic ring is 1. The maximum absolute atomic E-state index is 12.3. The topological polar surface area (TPSA) is 313 Å². The lowest BCUT2D eigenvalue weighted by molar-refractivity contribution is 0.472. The van der Waals surface area contributed by atoms with E-state index in [4.69, 9.17) is 10.3 Å². The average molecular weight is 738 g/mol. The van der Waals surface area contributed by atoms with Crippen molar-refractivity contribution in [3.8, 4) is 5.75 Å². The Labute approximate surface area is 270 Å². The van der Waals surface area contributed by atoms with Crippen LogP contribution in [0.3, 0.4) is 0 Å². The normalized spacial score (nSPS) is 13.2. The van der Waals surface area contributed by atoms with Crippen molar-refractivity contribution in [2.24, 2.45) is 20.5 Å². The first-order valence-corrected chi connectivity index (χ1v) is 18.4. The Morgan fingerprint density at radius 3 is 1.58 bits per heavy atom. The predicted octanol–water partition coefficient (Wildman–Crippen LogP) is 5.10. The third-order valence-electron chi connectivity index (χ3n) is 6.64. The zero-order valence-electron chi connectivity index (χ0n) is 23.4. The minimum Gasteiger partial charge on any atom is -0.505 e. The molecule has 0 aromatic heterocycles. The Hall–Kier alpha value is -4.94. The highest BCUT2D eigenvalue weighted by molar-refractivity contribution is 7.86. The summed E-state index contributed by atoms with van der Waals surface area (Å²) in [6.07, 6.45) is 0. The van der Waals surface area contributed by atoms with Gasteiger partial charge in [0.05, 0.1) is 32.5 Å². The number of phenolic OH excluding ortho intramolecular Hbond substituents is 1. The Kier molecular flexibility index (Phi) is 8.56. The van der Waals surface area contributed by atoms with Crippen LogP contribution in [0.15, 0.2) is 113 Å². The fourth-order valence-corrected chi connectivity index (χ4v) is 6.72. The molecule has 0 radical (unpaired) electrons. The number of nitrogens with zero attached hydrogens (tertiary/aromatic N) is 4. The molecule has 250 valence electrons. The molecule has 0 amide bonds. The van der Waals surface area contributed by atoms with Crippen molar-refractivity contribution in [1.29, 1.82) is 0 Å². The molecule has 7 N–H and O–H groups in total.